The van der Waals surface area contributed by atoms with Crippen LogP contribution in [0.5, 0.6) is 0 Å². The maximum atomic E-state index is 12.5. The molecular formula is C17H19Br2NO. The third-order valence-corrected chi connectivity index (χ3v) is 6.79. The summed E-state index contributed by atoms with van der Waals surface area (Å²) in [5.74, 6) is 3.56. The summed E-state index contributed by atoms with van der Waals surface area (Å²) in [7, 11) is 0. The van der Waals surface area contributed by atoms with Crippen molar-refractivity contribution < 1.29 is 4.79 Å². The second-order valence-corrected chi connectivity index (χ2v) is 8.72. The number of hydrogen-bond acceptors (Lipinski definition) is 1. The van der Waals surface area contributed by atoms with E-state index in [1.165, 1.54) is 32.1 Å². The second kappa shape index (κ2) is 5.38. The molecule has 0 spiro atoms. The molecule has 5 atom stereocenters. The topological polar surface area (TPSA) is 29.1 Å². The third-order valence-electron chi connectivity index (χ3n) is 5.87. The molecular weight excluding hydrogens is 394 g/mol. The number of halogens is 2. The van der Waals surface area contributed by atoms with Crippen LogP contribution in [0.15, 0.2) is 27.1 Å². The summed E-state index contributed by atoms with van der Waals surface area (Å²) in [6, 6.07) is 6.15. The highest BCUT2D eigenvalue weighted by molar-refractivity contribution is 9.11. The first-order valence-electron chi connectivity index (χ1n) is 7.89. The Labute approximate surface area is 142 Å². The SMILES string of the molecule is O=C(NC1CC2CC1C1CCCC21)c1cc(Br)cc(Br)c1. The summed E-state index contributed by atoms with van der Waals surface area (Å²) in [6.07, 6.45) is 6.78. The highest BCUT2D eigenvalue weighted by Gasteiger charge is 2.54. The molecule has 4 rings (SSSR count). The molecule has 1 aromatic rings. The van der Waals surface area contributed by atoms with Crippen LogP contribution in [0.3, 0.4) is 0 Å². The number of benzene rings is 1. The molecule has 3 saturated carbocycles. The largest absolute Gasteiger partial charge is 0.349 e. The van der Waals surface area contributed by atoms with Crippen LogP contribution >= 0.6 is 31.9 Å². The van der Waals surface area contributed by atoms with Gasteiger partial charge in [0.2, 0.25) is 0 Å². The van der Waals surface area contributed by atoms with Crippen molar-refractivity contribution in [2.45, 2.75) is 38.1 Å². The van der Waals surface area contributed by atoms with Gasteiger partial charge in [-0.15, -0.1) is 0 Å². The standard InChI is InChI=1S/C17H19Br2NO/c18-11-4-10(5-12(19)8-11)17(21)20-16-7-9-6-15(16)14-3-1-2-13(9)14/h4-5,8-9,13-16H,1-3,6-7H2,(H,20,21). The van der Waals surface area contributed by atoms with Gasteiger partial charge >= 0.3 is 0 Å². The van der Waals surface area contributed by atoms with E-state index in [1.54, 1.807) is 0 Å². The van der Waals surface area contributed by atoms with Crippen molar-refractivity contribution in [2.24, 2.45) is 23.7 Å². The third kappa shape index (κ3) is 2.48. The molecule has 3 aliphatic rings. The monoisotopic (exact) mass is 411 g/mol. The fourth-order valence-electron chi connectivity index (χ4n) is 5.17. The lowest BCUT2D eigenvalue weighted by Crippen LogP contribution is -2.42. The van der Waals surface area contributed by atoms with Crippen molar-refractivity contribution in [3.8, 4) is 0 Å². The molecule has 3 aliphatic carbocycles. The van der Waals surface area contributed by atoms with Crippen molar-refractivity contribution in [2.75, 3.05) is 0 Å². The van der Waals surface area contributed by atoms with E-state index in [9.17, 15) is 4.79 Å². The highest BCUT2D eigenvalue weighted by atomic mass is 79.9. The lowest BCUT2D eigenvalue weighted by Gasteiger charge is -2.32. The molecule has 1 amide bonds. The van der Waals surface area contributed by atoms with Crippen molar-refractivity contribution in [1.29, 1.82) is 0 Å². The quantitative estimate of drug-likeness (QED) is 0.744. The van der Waals surface area contributed by atoms with E-state index >= 15 is 0 Å². The number of carbonyl (C=O) groups excluding carboxylic acids is 1. The average Bonchev–Trinajstić information content (AvgIpc) is 3.09. The molecule has 1 N–H and O–H groups in total. The van der Waals surface area contributed by atoms with Crippen LogP contribution in [-0.2, 0) is 0 Å². The Morgan fingerprint density at radius 2 is 1.71 bits per heavy atom. The van der Waals surface area contributed by atoms with Gasteiger partial charge in [0.1, 0.15) is 0 Å². The normalized spacial score (nSPS) is 36.8. The predicted molar refractivity (Wildman–Crippen MR) is 90.1 cm³/mol. The van der Waals surface area contributed by atoms with Crippen LogP contribution in [0.2, 0.25) is 0 Å². The minimum atomic E-state index is 0.0732. The maximum absolute atomic E-state index is 12.5. The van der Waals surface area contributed by atoms with Gasteiger partial charge in [-0.1, -0.05) is 38.3 Å². The van der Waals surface area contributed by atoms with Gasteiger partial charge < -0.3 is 5.32 Å². The zero-order valence-electron chi connectivity index (χ0n) is 11.8. The second-order valence-electron chi connectivity index (χ2n) is 6.89. The van der Waals surface area contributed by atoms with Crippen LogP contribution in [0.4, 0.5) is 0 Å². The molecule has 2 nitrogen and oxygen atoms in total. The first-order chi connectivity index (χ1) is 10.1. The number of rotatable bonds is 2. The van der Waals surface area contributed by atoms with Crippen LogP contribution < -0.4 is 5.32 Å². The average molecular weight is 413 g/mol. The van der Waals surface area contributed by atoms with Crippen molar-refractivity contribution in [1.82, 2.24) is 5.32 Å². The molecule has 2 bridgehead atoms. The Kier molecular flexibility index (Phi) is 3.65. The smallest absolute Gasteiger partial charge is 0.251 e. The molecule has 0 aliphatic heterocycles. The molecule has 112 valence electrons. The molecule has 0 saturated heterocycles. The minimum absolute atomic E-state index is 0.0732. The van der Waals surface area contributed by atoms with Gasteiger partial charge in [0.25, 0.3) is 5.91 Å². The minimum Gasteiger partial charge on any atom is -0.349 e. The summed E-state index contributed by atoms with van der Waals surface area (Å²) in [4.78, 5) is 12.5. The first kappa shape index (κ1) is 14.3. The molecule has 21 heavy (non-hydrogen) atoms. The summed E-state index contributed by atoms with van der Waals surface area (Å²) in [6.45, 7) is 0. The molecule has 4 heteroatoms. The highest BCUT2D eigenvalue weighted by Crippen LogP contribution is 2.58. The Hall–Kier alpha value is -0.350. The number of nitrogens with one attached hydrogen (secondary N) is 1. The summed E-state index contributed by atoms with van der Waals surface area (Å²) < 4.78 is 1.87. The zero-order valence-corrected chi connectivity index (χ0v) is 15.0. The Morgan fingerprint density at radius 3 is 2.48 bits per heavy atom. The molecule has 0 heterocycles. The van der Waals surface area contributed by atoms with Crippen LogP contribution in [-0.4, -0.2) is 11.9 Å². The van der Waals surface area contributed by atoms with Crippen molar-refractivity contribution >= 4 is 37.8 Å². The molecule has 0 radical (unpaired) electrons. The number of amides is 1. The predicted octanol–water partition coefficient (Wildman–Crippen LogP) is 4.77. The van der Waals surface area contributed by atoms with E-state index < -0.39 is 0 Å². The van der Waals surface area contributed by atoms with E-state index in [0.29, 0.717) is 6.04 Å². The molecule has 5 unspecified atom stereocenters. The number of fused-ring (bicyclic) bond motifs is 5. The lowest BCUT2D eigenvalue weighted by molar-refractivity contribution is 0.0901. The number of hydrogen-bond donors (Lipinski definition) is 1. The van der Waals surface area contributed by atoms with E-state index in [0.717, 1.165) is 38.2 Å². The Morgan fingerprint density at radius 1 is 1.00 bits per heavy atom. The molecule has 3 fully saturated rings. The van der Waals surface area contributed by atoms with Gasteiger partial charge in [-0.2, -0.15) is 0 Å². The van der Waals surface area contributed by atoms with E-state index in [4.69, 9.17) is 0 Å². The van der Waals surface area contributed by atoms with Gasteiger partial charge in [0, 0.05) is 20.6 Å². The van der Waals surface area contributed by atoms with E-state index in [2.05, 4.69) is 37.2 Å². The number of carbonyl (C=O) groups is 1. The maximum Gasteiger partial charge on any atom is 0.251 e. The van der Waals surface area contributed by atoms with E-state index in [-0.39, 0.29) is 5.91 Å². The van der Waals surface area contributed by atoms with Gasteiger partial charge in [-0.05, 0) is 67.6 Å². The lowest BCUT2D eigenvalue weighted by atomic mass is 9.79. The van der Waals surface area contributed by atoms with Gasteiger partial charge in [-0.3, -0.25) is 4.79 Å². The Bertz CT molecular complexity index is 568. The fourth-order valence-corrected chi connectivity index (χ4v) is 6.46. The summed E-state index contributed by atoms with van der Waals surface area (Å²) >= 11 is 6.91. The molecule has 0 aromatic heterocycles. The van der Waals surface area contributed by atoms with Crippen LogP contribution in [0.1, 0.15) is 42.5 Å². The van der Waals surface area contributed by atoms with Crippen LogP contribution in [0, 0.1) is 23.7 Å². The Balaban J connectivity index is 1.48. The first-order valence-corrected chi connectivity index (χ1v) is 9.47. The van der Waals surface area contributed by atoms with E-state index in [1.807, 2.05) is 18.2 Å². The van der Waals surface area contributed by atoms with Gasteiger partial charge in [0.15, 0.2) is 0 Å². The molecule has 1 aromatic carbocycles. The summed E-state index contributed by atoms with van der Waals surface area (Å²) in [5, 5.41) is 3.31. The fraction of sp³-hybridized carbons (Fsp3) is 0.588. The summed E-state index contributed by atoms with van der Waals surface area (Å²) in [5.41, 5.74) is 0.738. The van der Waals surface area contributed by atoms with Gasteiger partial charge in [-0.25, -0.2) is 0 Å². The van der Waals surface area contributed by atoms with Crippen molar-refractivity contribution in [3.05, 3.63) is 32.7 Å². The van der Waals surface area contributed by atoms with Gasteiger partial charge in [0.05, 0.1) is 0 Å². The van der Waals surface area contributed by atoms with Crippen molar-refractivity contribution in [3.63, 3.8) is 0 Å². The van der Waals surface area contributed by atoms with Crippen LogP contribution in [0.25, 0.3) is 0 Å². The zero-order chi connectivity index (χ0) is 14.6.